The molecule has 0 fully saturated rings. The van der Waals surface area contributed by atoms with Gasteiger partial charge in [0.15, 0.2) is 5.69 Å². The van der Waals surface area contributed by atoms with Crippen LogP contribution in [0.15, 0.2) is 57.2 Å². The van der Waals surface area contributed by atoms with E-state index in [1.54, 1.807) is 42.5 Å². The van der Waals surface area contributed by atoms with Crippen LogP contribution < -0.4 is 5.32 Å². The van der Waals surface area contributed by atoms with Gasteiger partial charge in [-0.1, -0.05) is 38.7 Å². The SMILES string of the molecule is O=C(N=Nc1c(O)[nH]c2cccc(Cl)c12)Nc1ccc(Br)cc1. The molecule has 3 N–H and O–H groups in total. The standard InChI is InChI=1S/C15H10BrClN4O2/c16-8-4-6-9(7-5-8)18-15(23)21-20-13-12-10(17)2-1-3-11(12)19-14(13)22/h1-7,19,22H,(H,18,23). The Bertz CT molecular complexity index is 906. The van der Waals surface area contributed by atoms with Crippen LogP contribution in [0, 0.1) is 0 Å². The minimum atomic E-state index is -0.659. The fourth-order valence-corrected chi connectivity index (χ4v) is 2.58. The summed E-state index contributed by atoms with van der Waals surface area (Å²) in [5.41, 5.74) is 1.31. The molecule has 0 aliphatic heterocycles. The summed E-state index contributed by atoms with van der Waals surface area (Å²) >= 11 is 9.41. The van der Waals surface area contributed by atoms with E-state index in [1.165, 1.54) is 0 Å². The Hall–Kier alpha value is -2.38. The molecule has 0 bridgehead atoms. The van der Waals surface area contributed by atoms with Crippen LogP contribution in [0.25, 0.3) is 10.9 Å². The van der Waals surface area contributed by atoms with E-state index >= 15 is 0 Å². The van der Waals surface area contributed by atoms with Crippen molar-refractivity contribution >= 4 is 55.8 Å². The van der Waals surface area contributed by atoms with E-state index < -0.39 is 6.03 Å². The summed E-state index contributed by atoms with van der Waals surface area (Å²) in [5, 5.41) is 20.7. The van der Waals surface area contributed by atoms with E-state index in [2.05, 4.69) is 36.5 Å². The van der Waals surface area contributed by atoms with E-state index in [0.717, 1.165) is 4.47 Å². The molecule has 116 valence electrons. The third kappa shape index (κ3) is 3.35. The highest BCUT2D eigenvalue weighted by Gasteiger charge is 2.13. The van der Waals surface area contributed by atoms with Gasteiger partial charge in [0.25, 0.3) is 0 Å². The summed E-state index contributed by atoms with van der Waals surface area (Å²) in [5.74, 6) is -0.201. The highest BCUT2D eigenvalue weighted by Crippen LogP contribution is 2.39. The largest absolute Gasteiger partial charge is 0.493 e. The Balaban J connectivity index is 1.84. The summed E-state index contributed by atoms with van der Waals surface area (Å²) in [6, 6.07) is 11.5. The van der Waals surface area contributed by atoms with Crippen molar-refractivity contribution in [2.24, 2.45) is 10.2 Å². The number of aromatic hydroxyl groups is 1. The predicted octanol–water partition coefficient (Wildman–Crippen LogP) is 5.61. The fourth-order valence-electron chi connectivity index (χ4n) is 2.05. The van der Waals surface area contributed by atoms with Crippen LogP contribution in [-0.4, -0.2) is 16.1 Å². The molecule has 8 heteroatoms. The first kappa shape index (κ1) is 15.5. The number of nitrogens with one attached hydrogen (secondary N) is 2. The lowest BCUT2D eigenvalue weighted by Gasteiger charge is -2.00. The molecule has 0 saturated heterocycles. The first-order valence-corrected chi connectivity index (χ1v) is 7.69. The van der Waals surface area contributed by atoms with Crippen LogP contribution in [0.1, 0.15) is 0 Å². The van der Waals surface area contributed by atoms with Gasteiger partial charge in [-0.2, -0.15) is 0 Å². The molecule has 3 aromatic rings. The van der Waals surface area contributed by atoms with E-state index in [-0.39, 0.29) is 11.6 Å². The minimum absolute atomic E-state index is 0.122. The number of hydrogen-bond donors (Lipinski definition) is 3. The molecule has 0 unspecified atom stereocenters. The molecule has 1 heterocycles. The van der Waals surface area contributed by atoms with E-state index in [0.29, 0.717) is 21.6 Å². The molecule has 2 aromatic carbocycles. The number of nitrogens with zero attached hydrogens (tertiary/aromatic N) is 2. The Morgan fingerprint density at radius 3 is 2.70 bits per heavy atom. The Morgan fingerprint density at radius 2 is 1.96 bits per heavy atom. The number of azo groups is 1. The maximum absolute atomic E-state index is 11.8. The highest BCUT2D eigenvalue weighted by molar-refractivity contribution is 9.10. The van der Waals surface area contributed by atoms with Gasteiger partial charge in [-0.05, 0) is 36.4 Å². The molecular formula is C15H10BrClN4O2. The molecule has 3 rings (SSSR count). The lowest BCUT2D eigenvalue weighted by molar-refractivity contribution is 0.258. The third-order valence-corrected chi connectivity index (χ3v) is 3.91. The monoisotopic (exact) mass is 392 g/mol. The molecule has 0 atom stereocenters. The number of aromatic nitrogens is 1. The van der Waals surface area contributed by atoms with Gasteiger partial charge in [0.05, 0.1) is 10.5 Å². The first-order chi connectivity index (χ1) is 11.0. The summed E-state index contributed by atoms with van der Waals surface area (Å²) in [7, 11) is 0. The van der Waals surface area contributed by atoms with Crippen LogP contribution >= 0.6 is 27.5 Å². The molecule has 0 spiro atoms. The molecular weight excluding hydrogens is 384 g/mol. The number of carbonyl (C=O) groups excluding carboxylic acids is 1. The average molecular weight is 394 g/mol. The zero-order valence-electron chi connectivity index (χ0n) is 11.5. The Labute approximate surface area is 144 Å². The zero-order valence-corrected chi connectivity index (χ0v) is 13.9. The van der Waals surface area contributed by atoms with Gasteiger partial charge in [0, 0.05) is 15.5 Å². The second-order valence-electron chi connectivity index (χ2n) is 4.62. The minimum Gasteiger partial charge on any atom is -0.493 e. The van der Waals surface area contributed by atoms with Crippen molar-refractivity contribution < 1.29 is 9.90 Å². The molecule has 23 heavy (non-hydrogen) atoms. The Kier molecular flexibility index (Phi) is 4.31. The summed E-state index contributed by atoms with van der Waals surface area (Å²) in [6.07, 6.45) is 0. The number of benzene rings is 2. The molecule has 1 aromatic heterocycles. The van der Waals surface area contributed by atoms with Crippen LogP contribution in [0.2, 0.25) is 5.02 Å². The van der Waals surface area contributed by atoms with Gasteiger partial charge in [-0.25, -0.2) is 4.79 Å². The van der Waals surface area contributed by atoms with Crippen molar-refractivity contribution in [2.75, 3.05) is 5.32 Å². The molecule has 2 amide bonds. The van der Waals surface area contributed by atoms with Crippen LogP contribution in [0.4, 0.5) is 16.2 Å². The lowest BCUT2D eigenvalue weighted by Crippen LogP contribution is -2.04. The van der Waals surface area contributed by atoms with Gasteiger partial charge in [0.1, 0.15) is 0 Å². The van der Waals surface area contributed by atoms with Crippen molar-refractivity contribution in [3.05, 3.63) is 52.0 Å². The van der Waals surface area contributed by atoms with Crippen molar-refractivity contribution in [3.63, 3.8) is 0 Å². The van der Waals surface area contributed by atoms with Crippen molar-refractivity contribution in [3.8, 4) is 5.88 Å². The van der Waals surface area contributed by atoms with E-state index in [4.69, 9.17) is 11.6 Å². The van der Waals surface area contributed by atoms with Crippen LogP contribution in [-0.2, 0) is 0 Å². The van der Waals surface area contributed by atoms with Crippen molar-refractivity contribution in [2.45, 2.75) is 0 Å². The number of anilines is 1. The third-order valence-electron chi connectivity index (χ3n) is 3.06. The number of aromatic amines is 1. The van der Waals surface area contributed by atoms with Gasteiger partial charge < -0.3 is 15.4 Å². The average Bonchev–Trinajstić information content (AvgIpc) is 2.84. The quantitative estimate of drug-likeness (QED) is 0.494. The highest BCUT2D eigenvalue weighted by atomic mass is 79.9. The summed E-state index contributed by atoms with van der Waals surface area (Å²) in [4.78, 5) is 14.5. The van der Waals surface area contributed by atoms with Gasteiger partial charge in [-0.15, -0.1) is 5.11 Å². The molecule has 0 aliphatic carbocycles. The number of amides is 2. The van der Waals surface area contributed by atoms with Crippen molar-refractivity contribution in [1.82, 2.24) is 4.98 Å². The molecule has 0 radical (unpaired) electrons. The fraction of sp³-hybridized carbons (Fsp3) is 0. The normalized spacial score (nSPS) is 11.2. The van der Waals surface area contributed by atoms with Gasteiger partial charge >= 0.3 is 6.03 Å². The van der Waals surface area contributed by atoms with E-state index in [1.807, 2.05) is 0 Å². The number of urea groups is 1. The molecule has 6 nitrogen and oxygen atoms in total. The number of rotatable bonds is 2. The second kappa shape index (κ2) is 6.39. The number of fused-ring (bicyclic) bond motifs is 1. The number of carbonyl (C=O) groups is 1. The zero-order chi connectivity index (χ0) is 16.4. The smallest absolute Gasteiger partial charge is 0.364 e. The topological polar surface area (TPSA) is 89.8 Å². The first-order valence-electron chi connectivity index (χ1n) is 6.52. The number of H-pyrrole nitrogens is 1. The van der Waals surface area contributed by atoms with E-state index in [9.17, 15) is 9.90 Å². The Morgan fingerprint density at radius 1 is 1.22 bits per heavy atom. The number of halogens is 2. The maximum Gasteiger partial charge on any atom is 0.364 e. The van der Waals surface area contributed by atoms with Crippen LogP contribution in [0.5, 0.6) is 5.88 Å². The predicted molar refractivity (Wildman–Crippen MR) is 92.7 cm³/mol. The maximum atomic E-state index is 11.8. The lowest BCUT2D eigenvalue weighted by atomic mass is 10.2. The number of hydrogen-bond acceptors (Lipinski definition) is 3. The van der Waals surface area contributed by atoms with Crippen molar-refractivity contribution in [1.29, 1.82) is 0 Å². The van der Waals surface area contributed by atoms with Gasteiger partial charge in [0.2, 0.25) is 5.88 Å². The summed E-state index contributed by atoms with van der Waals surface area (Å²) < 4.78 is 0.899. The molecule has 0 aliphatic rings. The van der Waals surface area contributed by atoms with Gasteiger partial charge in [-0.3, -0.25) is 0 Å². The van der Waals surface area contributed by atoms with Crippen LogP contribution in [0.3, 0.4) is 0 Å². The second-order valence-corrected chi connectivity index (χ2v) is 5.94. The molecule has 0 saturated carbocycles. The summed E-state index contributed by atoms with van der Waals surface area (Å²) in [6.45, 7) is 0.